The minimum absolute atomic E-state index is 0.0483. The van der Waals surface area contributed by atoms with Crippen molar-refractivity contribution in [2.45, 2.75) is 26.8 Å². The van der Waals surface area contributed by atoms with Gasteiger partial charge in [0.15, 0.2) is 0 Å². The van der Waals surface area contributed by atoms with E-state index in [1.165, 1.54) is 6.92 Å². The molecule has 2 N–H and O–H groups in total. The van der Waals surface area contributed by atoms with Crippen molar-refractivity contribution in [3.63, 3.8) is 0 Å². The van der Waals surface area contributed by atoms with E-state index >= 15 is 0 Å². The van der Waals surface area contributed by atoms with Gasteiger partial charge >= 0.3 is 0 Å². The number of nitrogens with one attached hydrogen (secondary N) is 1. The standard InChI is InChI=1S/C7H15NO2/c1-5(4-9)6(2)8-7(3)10/h5-6,9H,4H2,1-3H3,(H,8,10)/t5?,6-/m1/s1. The Hall–Kier alpha value is -0.570. The summed E-state index contributed by atoms with van der Waals surface area (Å²) in [7, 11) is 0. The van der Waals surface area contributed by atoms with Crippen molar-refractivity contribution in [1.82, 2.24) is 5.32 Å². The van der Waals surface area contributed by atoms with Gasteiger partial charge < -0.3 is 10.4 Å². The second-order valence-electron chi connectivity index (χ2n) is 2.65. The largest absolute Gasteiger partial charge is 0.396 e. The maximum absolute atomic E-state index is 10.5. The lowest BCUT2D eigenvalue weighted by molar-refractivity contribution is -0.119. The van der Waals surface area contributed by atoms with Crippen molar-refractivity contribution in [2.75, 3.05) is 6.61 Å². The smallest absolute Gasteiger partial charge is 0.217 e. The van der Waals surface area contributed by atoms with Crippen LogP contribution in [0, 0.1) is 5.92 Å². The molecule has 0 rings (SSSR count). The number of rotatable bonds is 3. The van der Waals surface area contributed by atoms with E-state index in [0.29, 0.717) is 0 Å². The van der Waals surface area contributed by atoms with Gasteiger partial charge in [-0.1, -0.05) is 6.92 Å². The number of carbonyl (C=O) groups excluding carboxylic acids is 1. The SMILES string of the molecule is CC(=O)N[C@H](C)C(C)CO. The van der Waals surface area contributed by atoms with Gasteiger partial charge in [-0.15, -0.1) is 0 Å². The summed E-state index contributed by atoms with van der Waals surface area (Å²) < 4.78 is 0. The molecule has 3 nitrogen and oxygen atoms in total. The minimum atomic E-state index is -0.0483. The van der Waals surface area contributed by atoms with E-state index in [1.807, 2.05) is 13.8 Å². The third kappa shape index (κ3) is 3.45. The third-order valence-corrected chi connectivity index (χ3v) is 1.57. The van der Waals surface area contributed by atoms with Gasteiger partial charge in [0.2, 0.25) is 5.91 Å². The maximum Gasteiger partial charge on any atom is 0.217 e. The molecule has 10 heavy (non-hydrogen) atoms. The predicted octanol–water partition coefficient (Wildman–Crippen LogP) is 0.139. The van der Waals surface area contributed by atoms with Crippen molar-refractivity contribution in [2.24, 2.45) is 5.92 Å². The average Bonchev–Trinajstić information content (AvgIpc) is 1.85. The fourth-order valence-electron chi connectivity index (χ4n) is 0.621. The fraction of sp³-hybridized carbons (Fsp3) is 0.857. The molecule has 0 saturated carbocycles. The number of aliphatic hydroxyl groups excluding tert-OH is 1. The van der Waals surface area contributed by atoms with Gasteiger partial charge in [0.05, 0.1) is 0 Å². The van der Waals surface area contributed by atoms with E-state index < -0.39 is 0 Å². The highest BCUT2D eigenvalue weighted by atomic mass is 16.3. The molecule has 0 aromatic carbocycles. The lowest BCUT2D eigenvalue weighted by atomic mass is 10.1. The second-order valence-corrected chi connectivity index (χ2v) is 2.65. The van der Waals surface area contributed by atoms with E-state index in [0.717, 1.165) is 0 Å². The Labute approximate surface area is 61.4 Å². The summed E-state index contributed by atoms with van der Waals surface area (Å²) in [6.07, 6.45) is 0. The molecule has 0 aromatic rings. The molecule has 0 radical (unpaired) electrons. The van der Waals surface area contributed by atoms with Crippen molar-refractivity contribution in [3.05, 3.63) is 0 Å². The van der Waals surface area contributed by atoms with Crippen molar-refractivity contribution in [1.29, 1.82) is 0 Å². The highest BCUT2D eigenvalue weighted by molar-refractivity contribution is 5.73. The fourth-order valence-corrected chi connectivity index (χ4v) is 0.621. The zero-order chi connectivity index (χ0) is 8.15. The minimum Gasteiger partial charge on any atom is -0.396 e. The third-order valence-electron chi connectivity index (χ3n) is 1.57. The molecule has 0 fully saturated rings. The highest BCUT2D eigenvalue weighted by Crippen LogP contribution is 1.99. The molecular formula is C7H15NO2. The number of hydrogen-bond donors (Lipinski definition) is 2. The molecule has 1 amide bonds. The van der Waals surface area contributed by atoms with Crippen LogP contribution in [0.4, 0.5) is 0 Å². The molecule has 1 unspecified atom stereocenters. The van der Waals surface area contributed by atoms with Crippen molar-refractivity contribution in [3.8, 4) is 0 Å². The van der Waals surface area contributed by atoms with Crippen molar-refractivity contribution >= 4 is 5.91 Å². The molecule has 0 bridgehead atoms. The molecule has 0 heterocycles. The van der Waals surface area contributed by atoms with Crippen LogP contribution in [-0.4, -0.2) is 23.7 Å². The number of amides is 1. The van der Waals surface area contributed by atoms with E-state index in [-0.39, 0.29) is 24.5 Å². The summed E-state index contributed by atoms with van der Waals surface area (Å²) in [4.78, 5) is 10.5. The topological polar surface area (TPSA) is 49.3 Å². The zero-order valence-corrected chi connectivity index (χ0v) is 6.72. The summed E-state index contributed by atoms with van der Waals surface area (Å²) in [6.45, 7) is 5.35. The summed E-state index contributed by atoms with van der Waals surface area (Å²) in [5.41, 5.74) is 0. The lowest BCUT2D eigenvalue weighted by Crippen LogP contribution is -2.36. The summed E-state index contributed by atoms with van der Waals surface area (Å²) >= 11 is 0. The van der Waals surface area contributed by atoms with Crippen LogP contribution in [0.25, 0.3) is 0 Å². The van der Waals surface area contributed by atoms with Crippen LogP contribution in [0.2, 0.25) is 0 Å². The first-order chi connectivity index (χ1) is 4.57. The predicted molar refractivity (Wildman–Crippen MR) is 39.5 cm³/mol. The monoisotopic (exact) mass is 145 g/mol. The average molecular weight is 145 g/mol. The second kappa shape index (κ2) is 4.28. The zero-order valence-electron chi connectivity index (χ0n) is 6.72. The number of aliphatic hydroxyl groups is 1. The van der Waals surface area contributed by atoms with E-state index in [2.05, 4.69) is 5.32 Å². The molecule has 0 spiro atoms. The molecule has 0 aromatic heterocycles. The Morgan fingerprint density at radius 1 is 1.60 bits per heavy atom. The molecule has 0 aliphatic heterocycles. The summed E-state index contributed by atoms with van der Waals surface area (Å²) in [6, 6.07) is 0.0579. The first-order valence-electron chi connectivity index (χ1n) is 3.46. The van der Waals surface area contributed by atoms with Gasteiger partial charge in [0.1, 0.15) is 0 Å². The first kappa shape index (κ1) is 9.43. The van der Waals surface area contributed by atoms with Crippen LogP contribution < -0.4 is 5.32 Å². The van der Waals surface area contributed by atoms with Gasteiger partial charge in [0, 0.05) is 19.6 Å². The highest BCUT2D eigenvalue weighted by Gasteiger charge is 2.10. The van der Waals surface area contributed by atoms with Gasteiger partial charge in [0.25, 0.3) is 0 Å². The molecule has 60 valence electrons. The van der Waals surface area contributed by atoms with Crippen LogP contribution in [0.3, 0.4) is 0 Å². The molecule has 0 aliphatic carbocycles. The maximum atomic E-state index is 10.5. The normalized spacial score (nSPS) is 16.0. The molecule has 2 atom stereocenters. The van der Waals surface area contributed by atoms with Gasteiger partial charge in [-0.2, -0.15) is 0 Å². The molecular weight excluding hydrogens is 130 g/mol. The van der Waals surface area contributed by atoms with E-state index in [4.69, 9.17) is 5.11 Å². The Kier molecular flexibility index (Phi) is 4.03. The van der Waals surface area contributed by atoms with Crippen LogP contribution in [0.5, 0.6) is 0 Å². The van der Waals surface area contributed by atoms with Crippen LogP contribution in [0.1, 0.15) is 20.8 Å². The summed E-state index contributed by atoms with van der Waals surface area (Å²) in [5, 5.41) is 11.4. The Balaban J connectivity index is 3.61. The van der Waals surface area contributed by atoms with E-state index in [9.17, 15) is 4.79 Å². The molecule has 3 heteroatoms. The number of hydrogen-bond acceptors (Lipinski definition) is 2. The molecule has 0 saturated heterocycles. The van der Waals surface area contributed by atoms with Gasteiger partial charge in [-0.25, -0.2) is 0 Å². The van der Waals surface area contributed by atoms with Crippen LogP contribution in [0.15, 0.2) is 0 Å². The van der Waals surface area contributed by atoms with Crippen molar-refractivity contribution < 1.29 is 9.90 Å². The first-order valence-corrected chi connectivity index (χ1v) is 3.46. The molecule has 0 aliphatic rings. The van der Waals surface area contributed by atoms with E-state index in [1.54, 1.807) is 0 Å². The summed E-state index contributed by atoms with van der Waals surface area (Å²) in [5.74, 6) is 0.0803. The van der Waals surface area contributed by atoms with Crippen LogP contribution >= 0.6 is 0 Å². The van der Waals surface area contributed by atoms with Gasteiger partial charge in [-0.3, -0.25) is 4.79 Å². The lowest BCUT2D eigenvalue weighted by Gasteiger charge is -2.17. The quantitative estimate of drug-likeness (QED) is 0.593. The van der Waals surface area contributed by atoms with Crippen LogP contribution in [-0.2, 0) is 4.79 Å². The Morgan fingerprint density at radius 3 is 2.40 bits per heavy atom. The van der Waals surface area contributed by atoms with Gasteiger partial charge in [-0.05, 0) is 12.8 Å². The Morgan fingerprint density at radius 2 is 2.10 bits per heavy atom. The number of carbonyl (C=O) groups is 1. The Bertz CT molecular complexity index is 114.